The normalized spacial score (nSPS) is 10.8. The summed E-state index contributed by atoms with van der Waals surface area (Å²) in [5.74, 6) is 0. The second-order valence-corrected chi connectivity index (χ2v) is 6.86. The molecule has 0 amide bonds. The average molecular weight is 321 g/mol. The summed E-state index contributed by atoms with van der Waals surface area (Å²) in [4.78, 5) is 0. The van der Waals surface area contributed by atoms with Crippen LogP contribution in [0.25, 0.3) is 10.8 Å². The van der Waals surface area contributed by atoms with Crippen molar-refractivity contribution in [2.75, 3.05) is 0 Å². The van der Waals surface area contributed by atoms with Crippen molar-refractivity contribution in [1.29, 1.82) is 0 Å². The first-order valence-electron chi connectivity index (χ1n) is 7.35. The molecular weight excluding hydrogens is 304 g/mol. The number of rotatable bonds is 4. The summed E-state index contributed by atoms with van der Waals surface area (Å²) in [6.07, 6.45) is 0. The molecule has 22 heavy (non-hydrogen) atoms. The van der Waals surface area contributed by atoms with E-state index in [1.165, 1.54) is 27.5 Å². The first kappa shape index (κ1) is 14.8. The predicted octanol–water partition coefficient (Wildman–Crippen LogP) is 4.93. The number of benzene rings is 3. The zero-order chi connectivity index (χ0) is 15.2. The van der Waals surface area contributed by atoms with Crippen molar-refractivity contribution in [2.45, 2.75) is 0 Å². The van der Waals surface area contributed by atoms with Gasteiger partial charge < -0.3 is 0 Å². The molecule has 0 saturated carbocycles. The Morgan fingerprint density at radius 2 is 0.909 bits per heavy atom. The minimum atomic E-state index is -0.854. The number of hydrogen-bond donors (Lipinski definition) is 0. The van der Waals surface area contributed by atoms with Crippen molar-refractivity contribution in [3.05, 3.63) is 108 Å². The highest BCUT2D eigenvalue weighted by molar-refractivity contribution is 7.05. The third kappa shape index (κ3) is 3.21. The average Bonchev–Trinajstić information content (AvgIpc) is 2.62. The van der Waals surface area contributed by atoms with Crippen molar-refractivity contribution in [2.24, 2.45) is 0 Å². The summed E-state index contributed by atoms with van der Waals surface area (Å²) >= 11 is 6.48. The van der Waals surface area contributed by atoms with Crippen molar-refractivity contribution < 1.29 is 0 Å². The standard InChI is InChI=1S/C20H17ClSi/c21-22-20(18-14-8-3-9-15-18)19(16-10-4-1-5-11-16)17-12-6-2-7-13-17/h1-15H,22H2. The minimum absolute atomic E-state index is 0.854. The Labute approximate surface area is 138 Å². The van der Waals surface area contributed by atoms with Crippen LogP contribution in [0.1, 0.15) is 16.7 Å². The predicted molar refractivity (Wildman–Crippen MR) is 99.6 cm³/mol. The van der Waals surface area contributed by atoms with Gasteiger partial charge >= 0.3 is 0 Å². The Kier molecular flexibility index (Phi) is 4.89. The van der Waals surface area contributed by atoms with E-state index in [9.17, 15) is 0 Å². The lowest BCUT2D eigenvalue weighted by Gasteiger charge is -2.15. The van der Waals surface area contributed by atoms with Crippen molar-refractivity contribution in [3.8, 4) is 0 Å². The minimum Gasteiger partial charge on any atom is -0.170 e. The molecule has 0 saturated heterocycles. The Bertz CT molecular complexity index is 708. The molecule has 0 atom stereocenters. The topological polar surface area (TPSA) is 0 Å². The summed E-state index contributed by atoms with van der Waals surface area (Å²) in [7, 11) is -0.854. The first-order chi connectivity index (χ1) is 10.9. The Morgan fingerprint density at radius 3 is 1.27 bits per heavy atom. The number of halogens is 1. The summed E-state index contributed by atoms with van der Waals surface area (Å²) in [5, 5.41) is 1.29. The van der Waals surface area contributed by atoms with E-state index >= 15 is 0 Å². The second-order valence-electron chi connectivity index (χ2n) is 5.09. The fourth-order valence-electron chi connectivity index (χ4n) is 2.65. The summed E-state index contributed by atoms with van der Waals surface area (Å²) in [5.41, 5.74) is 4.93. The molecule has 0 aromatic heterocycles. The van der Waals surface area contributed by atoms with E-state index in [-0.39, 0.29) is 0 Å². The van der Waals surface area contributed by atoms with Crippen LogP contribution in [0.15, 0.2) is 91.0 Å². The van der Waals surface area contributed by atoms with Crippen LogP contribution < -0.4 is 0 Å². The highest BCUT2D eigenvalue weighted by atomic mass is 35.6. The molecule has 0 aliphatic carbocycles. The van der Waals surface area contributed by atoms with Gasteiger partial charge in [0.2, 0.25) is 0 Å². The maximum absolute atomic E-state index is 6.48. The Hall–Kier alpha value is -2.09. The van der Waals surface area contributed by atoms with Crippen molar-refractivity contribution in [1.82, 2.24) is 0 Å². The molecule has 0 N–H and O–H groups in total. The lowest BCUT2D eigenvalue weighted by atomic mass is 9.95. The maximum Gasteiger partial charge on any atom is 0.157 e. The van der Waals surface area contributed by atoms with Crippen molar-refractivity contribution in [3.63, 3.8) is 0 Å². The van der Waals surface area contributed by atoms with E-state index in [2.05, 4.69) is 72.8 Å². The van der Waals surface area contributed by atoms with E-state index in [1.54, 1.807) is 0 Å². The van der Waals surface area contributed by atoms with Gasteiger partial charge in [-0.25, -0.2) is 0 Å². The molecule has 0 spiro atoms. The van der Waals surface area contributed by atoms with Crippen LogP contribution in [0.4, 0.5) is 0 Å². The van der Waals surface area contributed by atoms with Crippen molar-refractivity contribution >= 4 is 30.7 Å². The molecule has 3 aromatic rings. The highest BCUT2D eigenvalue weighted by Gasteiger charge is 2.12. The Morgan fingerprint density at radius 1 is 0.545 bits per heavy atom. The van der Waals surface area contributed by atoms with Gasteiger partial charge in [-0.3, -0.25) is 0 Å². The fourth-order valence-corrected chi connectivity index (χ4v) is 4.45. The lowest BCUT2D eigenvalue weighted by molar-refractivity contribution is 1.54. The SMILES string of the molecule is Cl[SiH2]C(=C(c1ccccc1)c1ccccc1)c1ccccc1. The fraction of sp³-hybridized carbons (Fsp3) is 0. The zero-order valence-corrected chi connectivity index (χ0v) is 14.4. The van der Waals surface area contributed by atoms with Crippen LogP contribution in [0.5, 0.6) is 0 Å². The smallest absolute Gasteiger partial charge is 0.157 e. The molecule has 3 aromatic carbocycles. The monoisotopic (exact) mass is 320 g/mol. The van der Waals surface area contributed by atoms with Crippen LogP contribution >= 0.6 is 11.1 Å². The Balaban J connectivity index is 2.27. The molecule has 0 radical (unpaired) electrons. The molecule has 0 bridgehead atoms. The molecular formula is C20H17ClSi. The summed E-state index contributed by atoms with van der Waals surface area (Å²) in [6.45, 7) is 0. The molecule has 2 heteroatoms. The molecule has 0 aliphatic heterocycles. The van der Waals surface area contributed by atoms with Gasteiger partial charge in [-0.05, 0) is 27.5 Å². The third-order valence-corrected chi connectivity index (χ3v) is 5.51. The molecule has 0 heterocycles. The van der Waals surface area contributed by atoms with Crippen LogP contribution in [0, 0.1) is 0 Å². The molecule has 0 nitrogen and oxygen atoms in total. The van der Waals surface area contributed by atoms with Gasteiger partial charge in [-0.2, -0.15) is 11.1 Å². The summed E-state index contributed by atoms with van der Waals surface area (Å²) in [6, 6.07) is 31.5. The lowest BCUT2D eigenvalue weighted by Crippen LogP contribution is -1.98. The van der Waals surface area contributed by atoms with Crippen LogP contribution in [-0.4, -0.2) is 8.83 Å². The van der Waals surface area contributed by atoms with E-state index in [4.69, 9.17) is 11.1 Å². The van der Waals surface area contributed by atoms with Gasteiger partial charge in [0.15, 0.2) is 8.83 Å². The van der Waals surface area contributed by atoms with Crippen LogP contribution in [0.2, 0.25) is 0 Å². The van der Waals surface area contributed by atoms with Gasteiger partial charge in [-0.15, -0.1) is 0 Å². The van der Waals surface area contributed by atoms with E-state index in [0.717, 1.165) is 0 Å². The van der Waals surface area contributed by atoms with Gasteiger partial charge in [0.1, 0.15) is 0 Å². The number of hydrogen-bond acceptors (Lipinski definition) is 0. The molecule has 0 aliphatic rings. The second kappa shape index (κ2) is 7.26. The van der Waals surface area contributed by atoms with Crippen LogP contribution in [-0.2, 0) is 0 Å². The maximum atomic E-state index is 6.48. The quantitative estimate of drug-likeness (QED) is 0.363. The highest BCUT2D eigenvalue weighted by Crippen LogP contribution is 2.32. The van der Waals surface area contributed by atoms with E-state index in [1.807, 2.05) is 18.2 Å². The third-order valence-electron chi connectivity index (χ3n) is 3.68. The molecule has 0 fully saturated rings. The van der Waals surface area contributed by atoms with Gasteiger partial charge in [0.05, 0.1) is 0 Å². The zero-order valence-electron chi connectivity index (χ0n) is 12.2. The van der Waals surface area contributed by atoms with Gasteiger partial charge in [0, 0.05) is 0 Å². The molecule has 3 rings (SSSR count). The summed E-state index contributed by atoms with van der Waals surface area (Å²) < 4.78 is 0. The van der Waals surface area contributed by atoms with E-state index in [0.29, 0.717) is 0 Å². The van der Waals surface area contributed by atoms with Gasteiger partial charge in [0.25, 0.3) is 0 Å². The molecule has 108 valence electrons. The van der Waals surface area contributed by atoms with Crippen LogP contribution in [0.3, 0.4) is 0 Å². The largest absolute Gasteiger partial charge is 0.170 e. The van der Waals surface area contributed by atoms with Gasteiger partial charge in [-0.1, -0.05) is 91.0 Å². The molecule has 0 unspecified atom stereocenters. The van der Waals surface area contributed by atoms with E-state index < -0.39 is 8.83 Å². The first-order valence-corrected chi connectivity index (χ1v) is 10.2.